The van der Waals surface area contributed by atoms with Crippen LogP contribution in [0.15, 0.2) is 30.3 Å². The molecule has 2 nitrogen and oxygen atoms in total. The van der Waals surface area contributed by atoms with E-state index in [1.807, 2.05) is 12.1 Å². The summed E-state index contributed by atoms with van der Waals surface area (Å²) in [5.41, 5.74) is 0.718. The van der Waals surface area contributed by atoms with Crippen molar-refractivity contribution in [3.63, 3.8) is 0 Å². The standard InChI is InChI=1S/C29H34F6O2/c1-2-3-14-36-22-12-13-24(25(30)15-22)20-6-4-18(5-7-20)19-8-10-21(11-9-19)29(34,35)37-23-16-26(31)28(33)27(32)17-23/h12-13,15-21H,2-11,14H2,1H3. The first-order valence-electron chi connectivity index (χ1n) is 13.3. The van der Waals surface area contributed by atoms with E-state index in [-0.39, 0.29) is 24.6 Å². The third-order valence-corrected chi connectivity index (χ3v) is 8.08. The summed E-state index contributed by atoms with van der Waals surface area (Å²) in [6, 6.07) is 6.00. The largest absolute Gasteiger partial charge is 0.493 e. The predicted octanol–water partition coefficient (Wildman–Crippen LogP) is 9.17. The van der Waals surface area contributed by atoms with Gasteiger partial charge in [-0.3, -0.25) is 0 Å². The van der Waals surface area contributed by atoms with Crippen molar-refractivity contribution in [3.05, 3.63) is 59.2 Å². The first kappa shape index (κ1) is 27.6. The lowest BCUT2D eigenvalue weighted by atomic mass is 9.68. The normalized spacial score (nSPS) is 24.6. The molecule has 0 aliphatic heterocycles. The van der Waals surface area contributed by atoms with Crippen molar-refractivity contribution < 1.29 is 35.8 Å². The summed E-state index contributed by atoms with van der Waals surface area (Å²) in [7, 11) is 0. The highest BCUT2D eigenvalue weighted by molar-refractivity contribution is 5.31. The number of ether oxygens (including phenoxy) is 2. The number of rotatable bonds is 9. The summed E-state index contributed by atoms with van der Waals surface area (Å²) >= 11 is 0. The molecule has 0 aromatic heterocycles. The van der Waals surface area contributed by atoms with Crippen LogP contribution in [0.2, 0.25) is 0 Å². The van der Waals surface area contributed by atoms with Gasteiger partial charge in [0.2, 0.25) is 0 Å². The fourth-order valence-electron chi connectivity index (χ4n) is 5.92. The highest BCUT2D eigenvalue weighted by atomic mass is 19.3. The molecule has 0 heterocycles. The van der Waals surface area contributed by atoms with Crippen LogP contribution in [0.3, 0.4) is 0 Å². The zero-order chi connectivity index (χ0) is 26.6. The van der Waals surface area contributed by atoms with Crippen LogP contribution >= 0.6 is 0 Å². The molecule has 4 rings (SSSR count). The van der Waals surface area contributed by atoms with Gasteiger partial charge in [0.1, 0.15) is 17.3 Å². The van der Waals surface area contributed by atoms with Gasteiger partial charge in [0, 0.05) is 18.2 Å². The van der Waals surface area contributed by atoms with Crippen LogP contribution in [0.1, 0.15) is 82.6 Å². The van der Waals surface area contributed by atoms with E-state index >= 15 is 0 Å². The first-order chi connectivity index (χ1) is 17.7. The summed E-state index contributed by atoms with van der Waals surface area (Å²) in [5.74, 6) is -5.48. The SMILES string of the molecule is CCCCOc1ccc(C2CCC(C3CCC(C(F)(F)Oc4cc(F)c(F)c(F)c4)CC3)CC2)c(F)c1. The Morgan fingerprint density at radius 3 is 1.89 bits per heavy atom. The molecule has 0 saturated heterocycles. The quantitative estimate of drug-likeness (QED) is 0.184. The minimum Gasteiger partial charge on any atom is -0.493 e. The second kappa shape index (κ2) is 12.0. The minimum absolute atomic E-state index is 0.145. The fourth-order valence-corrected chi connectivity index (χ4v) is 5.92. The second-order valence-electron chi connectivity index (χ2n) is 10.5. The van der Waals surface area contributed by atoms with E-state index in [0.29, 0.717) is 49.2 Å². The molecule has 0 bridgehead atoms. The lowest BCUT2D eigenvalue weighted by Crippen LogP contribution is -2.38. The van der Waals surface area contributed by atoms with Crippen LogP contribution in [0, 0.1) is 41.0 Å². The summed E-state index contributed by atoms with van der Waals surface area (Å²) in [4.78, 5) is 0. The van der Waals surface area contributed by atoms with Crippen molar-refractivity contribution in [2.75, 3.05) is 6.61 Å². The van der Waals surface area contributed by atoms with Gasteiger partial charge in [-0.1, -0.05) is 19.4 Å². The molecule has 8 heteroatoms. The van der Waals surface area contributed by atoms with E-state index < -0.39 is 35.2 Å². The van der Waals surface area contributed by atoms with Gasteiger partial charge in [-0.15, -0.1) is 0 Å². The van der Waals surface area contributed by atoms with Crippen molar-refractivity contribution in [2.45, 2.75) is 83.2 Å². The molecule has 0 atom stereocenters. The molecule has 2 aromatic rings. The Labute approximate surface area is 214 Å². The lowest BCUT2D eigenvalue weighted by Gasteiger charge is -2.39. The average Bonchev–Trinajstić information content (AvgIpc) is 2.87. The minimum atomic E-state index is -3.61. The van der Waals surface area contributed by atoms with Gasteiger partial charge in [-0.2, -0.15) is 8.78 Å². The van der Waals surface area contributed by atoms with Crippen molar-refractivity contribution in [1.82, 2.24) is 0 Å². The molecule has 2 fully saturated rings. The van der Waals surface area contributed by atoms with E-state index in [1.165, 1.54) is 6.07 Å². The Morgan fingerprint density at radius 2 is 1.32 bits per heavy atom. The van der Waals surface area contributed by atoms with Crippen LogP contribution < -0.4 is 9.47 Å². The average molecular weight is 529 g/mol. The Kier molecular flexibility index (Phi) is 8.96. The molecule has 0 radical (unpaired) electrons. The van der Waals surface area contributed by atoms with Gasteiger partial charge in [-0.25, -0.2) is 17.6 Å². The summed E-state index contributed by atoms with van der Waals surface area (Å²) < 4.78 is 94.3. The number of unbranched alkanes of at least 4 members (excludes halogenated alkanes) is 1. The number of alkyl halides is 2. The van der Waals surface area contributed by atoms with Crippen LogP contribution in [0.5, 0.6) is 11.5 Å². The van der Waals surface area contributed by atoms with Crippen LogP contribution in [0.25, 0.3) is 0 Å². The number of hydrogen-bond acceptors (Lipinski definition) is 2. The molecule has 0 unspecified atom stereocenters. The van der Waals surface area contributed by atoms with Crippen molar-refractivity contribution in [1.29, 1.82) is 0 Å². The third-order valence-electron chi connectivity index (χ3n) is 8.08. The second-order valence-corrected chi connectivity index (χ2v) is 10.5. The maximum absolute atomic E-state index is 14.7. The highest BCUT2D eigenvalue weighted by Crippen LogP contribution is 2.47. The van der Waals surface area contributed by atoms with Crippen LogP contribution in [0.4, 0.5) is 26.3 Å². The van der Waals surface area contributed by atoms with E-state index in [1.54, 1.807) is 0 Å². The first-order valence-corrected chi connectivity index (χ1v) is 13.3. The smallest absolute Gasteiger partial charge is 0.400 e. The molecule has 2 aromatic carbocycles. The monoisotopic (exact) mass is 528 g/mol. The van der Waals surface area contributed by atoms with E-state index in [4.69, 9.17) is 4.74 Å². The molecule has 2 saturated carbocycles. The Balaban J connectivity index is 1.26. The van der Waals surface area contributed by atoms with Crippen LogP contribution in [-0.4, -0.2) is 12.7 Å². The molecule has 204 valence electrons. The molecule has 0 N–H and O–H groups in total. The van der Waals surface area contributed by atoms with Crippen molar-refractivity contribution >= 4 is 0 Å². The van der Waals surface area contributed by atoms with Crippen LogP contribution in [-0.2, 0) is 0 Å². The Hall–Kier alpha value is -2.38. The van der Waals surface area contributed by atoms with Gasteiger partial charge >= 0.3 is 6.11 Å². The fraction of sp³-hybridized carbons (Fsp3) is 0.586. The summed E-state index contributed by atoms with van der Waals surface area (Å²) in [6.45, 7) is 2.64. The zero-order valence-electron chi connectivity index (χ0n) is 21.1. The molecule has 37 heavy (non-hydrogen) atoms. The molecule has 0 spiro atoms. The Morgan fingerprint density at radius 1 is 0.757 bits per heavy atom. The van der Waals surface area contributed by atoms with E-state index in [2.05, 4.69) is 11.7 Å². The number of halogens is 6. The molecule has 2 aliphatic carbocycles. The van der Waals surface area contributed by atoms with Crippen molar-refractivity contribution in [3.8, 4) is 11.5 Å². The molecular weight excluding hydrogens is 494 g/mol. The molecular formula is C29H34F6O2. The number of hydrogen-bond donors (Lipinski definition) is 0. The highest BCUT2D eigenvalue weighted by Gasteiger charge is 2.45. The number of benzene rings is 2. The predicted molar refractivity (Wildman–Crippen MR) is 129 cm³/mol. The van der Waals surface area contributed by atoms with Gasteiger partial charge in [0.05, 0.1) is 12.5 Å². The van der Waals surface area contributed by atoms with Crippen molar-refractivity contribution in [2.24, 2.45) is 17.8 Å². The Bertz CT molecular complexity index is 1020. The molecule has 0 amide bonds. The van der Waals surface area contributed by atoms with Gasteiger partial charge < -0.3 is 9.47 Å². The lowest BCUT2D eigenvalue weighted by molar-refractivity contribution is -0.224. The van der Waals surface area contributed by atoms with Gasteiger partial charge in [0.15, 0.2) is 17.5 Å². The van der Waals surface area contributed by atoms with E-state index in [0.717, 1.165) is 44.1 Å². The maximum atomic E-state index is 14.7. The summed E-state index contributed by atoms with van der Waals surface area (Å²) in [5, 5.41) is 0. The van der Waals surface area contributed by atoms with E-state index in [9.17, 15) is 26.3 Å². The maximum Gasteiger partial charge on any atom is 0.400 e. The third kappa shape index (κ3) is 6.74. The summed E-state index contributed by atoms with van der Waals surface area (Å²) in [6.07, 6.45) is 3.60. The topological polar surface area (TPSA) is 18.5 Å². The zero-order valence-corrected chi connectivity index (χ0v) is 21.1. The molecule has 2 aliphatic rings. The van der Waals surface area contributed by atoms with Gasteiger partial charge in [0.25, 0.3) is 0 Å². The van der Waals surface area contributed by atoms with Gasteiger partial charge in [-0.05, 0) is 87.2 Å².